The van der Waals surface area contributed by atoms with E-state index in [-0.39, 0.29) is 15.5 Å². The molecule has 1 aromatic carbocycles. The van der Waals surface area contributed by atoms with Gasteiger partial charge in [0.15, 0.2) is 9.84 Å². The fourth-order valence-electron chi connectivity index (χ4n) is 1.40. The Bertz CT molecular complexity index is 686. The van der Waals surface area contributed by atoms with Crippen LogP contribution in [0.25, 0.3) is 0 Å². The highest BCUT2D eigenvalue weighted by atomic mass is 32.2. The highest BCUT2D eigenvalue weighted by Crippen LogP contribution is 2.23. The molecule has 0 aliphatic heterocycles. The van der Waals surface area contributed by atoms with Gasteiger partial charge in [0.1, 0.15) is 4.90 Å². The molecule has 0 bridgehead atoms. The van der Waals surface area contributed by atoms with Crippen LogP contribution in [0.2, 0.25) is 0 Å². The minimum absolute atomic E-state index is 0.124. The molecule has 0 aliphatic carbocycles. The van der Waals surface area contributed by atoms with Crippen molar-refractivity contribution in [2.75, 3.05) is 5.75 Å². The van der Waals surface area contributed by atoms with Gasteiger partial charge >= 0.3 is 0 Å². The molecule has 5 nitrogen and oxygen atoms in total. The topological polar surface area (TPSA) is 80.6 Å². The minimum Gasteiger partial charge on any atom is -0.224 e. The summed E-state index contributed by atoms with van der Waals surface area (Å²) in [5.41, 5.74) is 0. The molecule has 98 valence electrons. The Morgan fingerprint density at radius 1 is 1.17 bits per heavy atom. The lowest BCUT2D eigenvalue weighted by atomic mass is 10.4. The van der Waals surface area contributed by atoms with Crippen molar-refractivity contribution >= 4 is 37.2 Å². The number of sulfone groups is 1. The molecule has 0 aromatic heterocycles. The van der Waals surface area contributed by atoms with Crippen molar-refractivity contribution in [3.05, 3.63) is 24.3 Å². The number of thiocarbonyl (C=S) groups is 1. The highest BCUT2D eigenvalue weighted by Gasteiger charge is 2.24. The Morgan fingerprint density at radius 2 is 1.72 bits per heavy atom. The average molecular weight is 305 g/mol. The molecular formula is C10H11NO4S3. The van der Waals surface area contributed by atoms with Crippen LogP contribution in [0.15, 0.2) is 38.5 Å². The van der Waals surface area contributed by atoms with Gasteiger partial charge in [-0.1, -0.05) is 19.1 Å². The smallest absolute Gasteiger partial charge is 0.224 e. The van der Waals surface area contributed by atoms with Crippen molar-refractivity contribution in [1.82, 2.24) is 0 Å². The molecular weight excluding hydrogens is 294 g/mol. The molecule has 1 aromatic rings. The normalized spacial score (nSPS) is 11.8. The van der Waals surface area contributed by atoms with E-state index in [0.717, 1.165) is 0 Å². The van der Waals surface area contributed by atoms with Crippen molar-refractivity contribution in [1.29, 1.82) is 0 Å². The second-order valence-electron chi connectivity index (χ2n) is 3.42. The van der Waals surface area contributed by atoms with Crippen LogP contribution in [-0.2, 0) is 19.9 Å². The van der Waals surface area contributed by atoms with Gasteiger partial charge in [0, 0.05) is 0 Å². The lowest BCUT2D eigenvalue weighted by molar-refractivity contribution is 0.583. The molecule has 0 radical (unpaired) electrons. The maximum atomic E-state index is 12.0. The van der Waals surface area contributed by atoms with Crippen LogP contribution >= 0.6 is 12.2 Å². The molecule has 0 fully saturated rings. The van der Waals surface area contributed by atoms with Gasteiger partial charge in [0.25, 0.3) is 10.0 Å². The summed E-state index contributed by atoms with van der Waals surface area (Å²) >= 11 is 4.24. The number of isothiocyanates is 1. The van der Waals surface area contributed by atoms with E-state index < -0.39 is 19.9 Å². The summed E-state index contributed by atoms with van der Waals surface area (Å²) in [6, 6.07) is 5.32. The molecule has 0 heterocycles. The standard InChI is InChI=1S/C10H11NO4S3/c1-2-7-17(12,13)9-5-3-4-6-10(9)18(14,15)11-8-16/h3-6H,2,7H2,1H3. The monoisotopic (exact) mass is 305 g/mol. The lowest BCUT2D eigenvalue weighted by Gasteiger charge is -2.07. The quantitative estimate of drug-likeness (QED) is 0.610. The first-order valence-corrected chi connectivity index (χ1v) is 8.51. The van der Waals surface area contributed by atoms with Crippen LogP contribution in [0.5, 0.6) is 0 Å². The highest BCUT2D eigenvalue weighted by molar-refractivity contribution is 7.94. The predicted octanol–water partition coefficient (Wildman–Crippen LogP) is 1.66. The zero-order valence-corrected chi connectivity index (χ0v) is 12.0. The molecule has 18 heavy (non-hydrogen) atoms. The second-order valence-corrected chi connectivity index (χ2v) is 7.26. The van der Waals surface area contributed by atoms with E-state index in [1.807, 2.05) is 0 Å². The number of sulfonamides is 1. The largest absolute Gasteiger partial charge is 0.292 e. The molecule has 0 atom stereocenters. The van der Waals surface area contributed by atoms with E-state index >= 15 is 0 Å². The van der Waals surface area contributed by atoms with Gasteiger partial charge in [0.05, 0.1) is 15.8 Å². The molecule has 0 saturated carbocycles. The summed E-state index contributed by atoms with van der Waals surface area (Å²) in [6.07, 6.45) is 0.396. The molecule has 8 heteroatoms. The number of hydrogen-bond acceptors (Lipinski definition) is 5. The Hall–Kier alpha value is -1.08. The fourth-order valence-corrected chi connectivity index (χ4v) is 4.58. The number of hydrogen-bond donors (Lipinski definition) is 0. The van der Waals surface area contributed by atoms with E-state index in [0.29, 0.717) is 6.42 Å². The van der Waals surface area contributed by atoms with Crippen LogP contribution in [-0.4, -0.2) is 27.7 Å². The first kappa shape index (κ1) is 15.0. The average Bonchev–Trinajstić information content (AvgIpc) is 2.29. The van der Waals surface area contributed by atoms with E-state index in [2.05, 4.69) is 16.6 Å². The Balaban J connectivity index is 3.56. The lowest BCUT2D eigenvalue weighted by Crippen LogP contribution is -2.11. The summed E-state index contributed by atoms with van der Waals surface area (Å²) in [5, 5.41) is 1.74. The van der Waals surface area contributed by atoms with Gasteiger partial charge in [-0.25, -0.2) is 8.42 Å². The molecule has 0 spiro atoms. The Morgan fingerprint density at radius 3 is 2.22 bits per heavy atom. The van der Waals surface area contributed by atoms with Crippen molar-refractivity contribution in [2.45, 2.75) is 23.1 Å². The van der Waals surface area contributed by atoms with E-state index in [1.54, 1.807) is 12.1 Å². The SMILES string of the molecule is CCCS(=O)(=O)c1ccccc1S(=O)(=O)N=C=S. The molecule has 0 aliphatic rings. The summed E-state index contributed by atoms with van der Waals surface area (Å²) in [4.78, 5) is -0.614. The fraction of sp³-hybridized carbons (Fsp3) is 0.300. The zero-order valence-electron chi connectivity index (χ0n) is 9.53. The van der Waals surface area contributed by atoms with Crippen molar-refractivity contribution in [3.63, 3.8) is 0 Å². The van der Waals surface area contributed by atoms with Crippen molar-refractivity contribution in [2.24, 2.45) is 4.40 Å². The Labute approximate surface area is 112 Å². The third kappa shape index (κ3) is 3.23. The van der Waals surface area contributed by atoms with Crippen molar-refractivity contribution in [3.8, 4) is 0 Å². The third-order valence-electron chi connectivity index (χ3n) is 2.09. The van der Waals surface area contributed by atoms with Crippen LogP contribution < -0.4 is 0 Å². The predicted molar refractivity (Wildman–Crippen MR) is 71.0 cm³/mol. The number of benzene rings is 1. The van der Waals surface area contributed by atoms with Gasteiger partial charge < -0.3 is 0 Å². The van der Waals surface area contributed by atoms with Gasteiger partial charge in [-0.3, -0.25) is 0 Å². The second kappa shape index (κ2) is 5.71. The van der Waals surface area contributed by atoms with Crippen molar-refractivity contribution < 1.29 is 16.8 Å². The third-order valence-corrected chi connectivity index (χ3v) is 5.64. The van der Waals surface area contributed by atoms with Gasteiger partial charge in [0.2, 0.25) is 0 Å². The maximum Gasteiger partial charge on any atom is 0.292 e. The maximum absolute atomic E-state index is 12.0. The van der Waals surface area contributed by atoms with Gasteiger partial charge in [-0.05, 0) is 30.8 Å². The minimum atomic E-state index is -4.11. The van der Waals surface area contributed by atoms with Crippen LogP contribution in [0.4, 0.5) is 0 Å². The molecule has 1 rings (SSSR count). The van der Waals surface area contributed by atoms with Crippen LogP contribution in [0.3, 0.4) is 0 Å². The van der Waals surface area contributed by atoms with Crippen LogP contribution in [0, 0.1) is 0 Å². The van der Waals surface area contributed by atoms with E-state index in [1.165, 1.54) is 24.3 Å². The summed E-state index contributed by atoms with van der Waals surface area (Å²) in [6.45, 7) is 1.70. The summed E-state index contributed by atoms with van der Waals surface area (Å²) in [5.74, 6) is -0.124. The van der Waals surface area contributed by atoms with E-state index in [9.17, 15) is 16.8 Å². The summed E-state index contributed by atoms with van der Waals surface area (Å²) in [7, 11) is -7.76. The number of nitrogens with zero attached hydrogens (tertiary/aromatic N) is 1. The number of rotatable bonds is 5. The summed E-state index contributed by atoms with van der Waals surface area (Å²) < 4.78 is 50.4. The van der Waals surface area contributed by atoms with Crippen LogP contribution in [0.1, 0.15) is 13.3 Å². The van der Waals surface area contributed by atoms with E-state index in [4.69, 9.17) is 0 Å². The van der Waals surface area contributed by atoms with Gasteiger partial charge in [-0.2, -0.15) is 8.42 Å². The molecule has 0 unspecified atom stereocenters. The molecule has 0 amide bonds. The Kier molecular flexibility index (Phi) is 4.75. The zero-order chi connectivity index (χ0) is 13.8. The first-order chi connectivity index (χ1) is 8.35. The molecule has 0 saturated heterocycles. The first-order valence-electron chi connectivity index (χ1n) is 5.01. The molecule has 0 N–H and O–H groups in total. The van der Waals surface area contributed by atoms with Gasteiger partial charge in [-0.15, -0.1) is 4.40 Å².